The van der Waals surface area contributed by atoms with Crippen molar-refractivity contribution in [1.82, 2.24) is 4.72 Å². The van der Waals surface area contributed by atoms with E-state index < -0.39 is 16.3 Å². The molecule has 1 saturated carbocycles. The second kappa shape index (κ2) is 4.22. The predicted molar refractivity (Wildman–Crippen MR) is 68.4 cm³/mol. The lowest BCUT2D eigenvalue weighted by Gasteiger charge is -2.32. The van der Waals surface area contributed by atoms with Gasteiger partial charge in [0.15, 0.2) is 0 Å². The number of hydrogen-bond acceptors (Lipinski definition) is 3. The van der Waals surface area contributed by atoms with E-state index in [2.05, 4.69) is 4.72 Å². The quantitative estimate of drug-likeness (QED) is 0.856. The minimum Gasteiger partial charge on any atom is -0.388 e. The third-order valence-electron chi connectivity index (χ3n) is 3.35. The Morgan fingerprint density at radius 1 is 1.22 bits per heavy atom. The minimum atomic E-state index is -3.48. The summed E-state index contributed by atoms with van der Waals surface area (Å²) in [6.45, 7) is 0.320. The fourth-order valence-corrected chi connectivity index (χ4v) is 3.79. The van der Waals surface area contributed by atoms with Crippen LogP contribution in [0.1, 0.15) is 30.9 Å². The molecule has 6 heteroatoms. The molecule has 0 spiro atoms. The topological polar surface area (TPSA) is 69.6 Å². The molecule has 1 aliphatic carbocycles. The molecule has 98 valence electrons. The molecule has 1 heterocycles. The van der Waals surface area contributed by atoms with E-state index in [0.717, 1.165) is 12.8 Å². The highest BCUT2D eigenvalue weighted by atomic mass is 32.2. The van der Waals surface area contributed by atoms with Crippen LogP contribution in [0.2, 0.25) is 0 Å². The van der Waals surface area contributed by atoms with Gasteiger partial charge >= 0.3 is 10.2 Å². The van der Waals surface area contributed by atoms with Crippen LogP contribution in [0.5, 0.6) is 0 Å². The van der Waals surface area contributed by atoms with Crippen LogP contribution in [-0.2, 0) is 10.2 Å². The van der Waals surface area contributed by atoms with Crippen molar-refractivity contribution in [2.24, 2.45) is 0 Å². The lowest BCUT2D eigenvalue weighted by Crippen LogP contribution is -2.44. The Kier molecular flexibility index (Phi) is 2.80. The van der Waals surface area contributed by atoms with Crippen LogP contribution in [-0.4, -0.2) is 26.1 Å². The Morgan fingerprint density at radius 3 is 2.67 bits per heavy atom. The maximum absolute atomic E-state index is 12.2. The number of aliphatic hydroxyl groups excluding tert-OH is 1. The van der Waals surface area contributed by atoms with Crippen LogP contribution in [0.4, 0.5) is 5.69 Å². The number of hydrogen-bond donors (Lipinski definition) is 2. The van der Waals surface area contributed by atoms with Gasteiger partial charge < -0.3 is 5.11 Å². The average molecular weight is 268 g/mol. The van der Waals surface area contributed by atoms with Crippen LogP contribution < -0.4 is 9.03 Å². The zero-order valence-corrected chi connectivity index (χ0v) is 10.7. The molecule has 1 unspecified atom stereocenters. The zero-order chi connectivity index (χ0) is 12.8. The smallest absolute Gasteiger partial charge is 0.301 e. The van der Waals surface area contributed by atoms with Gasteiger partial charge in [-0.05, 0) is 25.3 Å². The van der Waals surface area contributed by atoms with Gasteiger partial charge in [-0.25, -0.2) is 0 Å². The first-order chi connectivity index (χ1) is 8.58. The summed E-state index contributed by atoms with van der Waals surface area (Å²) >= 11 is 0. The number of nitrogens with one attached hydrogen (secondary N) is 1. The average Bonchev–Trinajstić information content (AvgIpc) is 3.12. The van der Waals surface area contributed by atoms with Crippen molar-refractivity contribution in [3.63, 3.8) is 0 Å². The van der Waals surface area contributed by atoms with Gasteiger partial charge in [-0.1, -0.05) is 18.2 Å². The Hall–Kier alpha value is -1.11. The van der Waals surface area contributed by atoms with E-state index in [0.29, 0.717) is 24.2 Å². The molecule has 2 N–H and O–H groups in total. The van der Waals surface area contributed by atoms with E-state index in [4.69, 9.17) is 0 Å². The highest BCUT2D eigenvalue weighted by molar-refractivity contribution is 7.90. The second-order valence-electron chi connectivity index (χ2n) is 4.83. The molecule has 0 amide bonds. The molecule has 1 atom stereocenters. The third kappa shape index (κ3) is 2.11. The van der Waals surface area contributed by atoms with E-state index in [9.17, 15) is 13.5 Å². The summed E-state index contributed by atoms with van der Waals surface area (Å²) in [6.07, 6.45) is 1.69. The molecule has 1 aromatic carbocycles. The van der Waals surface area contributed by atoms with Gasteiger partial charge in [-0.3, -0.25) is 4.31 Å². The van der Waals surface area contributed by atoms with Gasteiger partial charge in [-0.2, -0.15) is 13.1 Å². The maximum atomic E-state index is 12.2. The van der Waals surface area contributed by atoms with Crippen molar-refractivity contribution >= 4 is 15.9 Å². The number of aliphatic hydroxyl groups is 1. The second-order valence-corrected chi connectivity index (χ2v) is 6.46. The third-order valence-corrected chi connectivity index (χ3v) is 4.94. The Balaban J connectivity index is 1.96. The highest BCUT2D eigenvalue weighted by Gasteiger charge is 2.34. The zero-order valence-electron chi connectivity index (χ0n) is 9.91. The first-order valence-corrected chi connectivity index (χ1v) is 7.59. The summed E-state index contributed by atoms with van der Waals surface area (Å²) in [5.41, 5.74) is 1.27. The van der Waals surface area contributed by atoms with Gasteiger partial charge in [0.05, 0.1) is 11.8 Å². The molecule has 18 heavy (non-hydrogen) atoms. The monoisotopic (exact) mass is 268 g/mol. The molecule has 0 aromatic heterocycles. The molecular weight excluding hydrogens is 252 g/mol. The van der Waals surface area contributed by atoms with Gasteiger partial charge in [0.1, 0.15) is 0 Å². The normalized spacial score (nSPS) is 23.8. The van der Waals surface area contributed by atoms with Crippen LogP contribution in [0, 0.1) is 0 Å². The molecule has 0 bridgehead atoms. The number of nitrogens with zero attached hydrogens (tertiary/aromatic N) is 1. The molecule has 5 nitrogen and oxygen atoms in total. The van der Waals surface area contributed by atoms with E-state index in [1.54, 1.807) is 18.2 Å². The summed E-state index contributed by atoms with van der Waals surface area (Å²) in [6, 6.07) is 7.21. The van der Waals surface area contributed by atoms with E-state index in [1.165, 1.54) is 4.31 Å². The summed E-state index contributed by atoms with van der Waals surface area (Å²) in [5, 5.41) is 9.90. The van der Waals surface area contributed by atoms with Crippen molar-refractivity contribution in [2.45, 2.75) is 31.4 Å². The number of benzene rings is 1. The largest absolute Gasteiger partial charge is 0.388 e. The first-order valence-electron chi connectivity index (χ1n) is 6.15. The number of fused-ring (bicyclic) bond motifs is 1. The van der Waals surface area contributed by atoms with Crippen LogP contribution in [0.3, 0.4) is 0 Å². The summed E-state index contributed by atoms with van der Waals surface area (Å²) < 4.78 is 28.5. The SMILES string of the molecule is O=S(=O)(NC1CC1)N1CCC(O)c2ccccc21. The lowest BCUT2D eigenvalue weighted by atomic mass is 10.0. The minimum absolute atomic E-state index is 0.0917. The molecule has 0 radical (unpaired) electrons. The van der Waals surface area contributed by atoms with Crippen molar-refractivity contribution < 1.29 is 13.5 Å². The van der Waals surface area contributed by atoms with Gasteiger partial charge in [0.2, 0.25) is 0 Å². The molecular formula is C12H16N2O3S. The number of para-hydroxylation sites is 1. The number of anilines is 1. The van der Waals surface area contributed by atoms with E-state index >= 15 is 0 Å². The summed E-state index contributed by atoms with van der Waals surface area (Å²) in [7, 11) is -3.48. The van der Waals surface area contributed by atoms with Gasteiger partial charge in [0.25, 0.3) is 0 Å². The van der Waals surface area contributed by atoms with E-state index in [1.807, 2.05) is 6.07 Å². The number of rotatable bonds is 3. The summed E-state index contributed by atoms with van der Waals surface area (Å²) in [4.78, 5) is 0. The lowest BCUT2D eigenvalue weighted by molar-refractivity contribution is 0.166. The molecule has 3 rings (SSSR count). The first kappa shape index (κ1) is 12.0. The fourth-order valence-electron chi connectivity index (χ4n) is 2.24. The van der Waals surface area contributed by atoms with Crippen molar-refractivity contribution in [1.29, 1.82) is 0 Å². The van der Waals surface area contributed by atoms with Crippen molar-refractivity contribution in [3.05, 3.63) is 29.8 Å². The summed E-state index contributed by atoms with van der Waals surface area (Å²) in [5.74, 6) is 0. The Labute approximate surface area is 107 Å². The molecule has 1 aliphatic heterocycles. The Bertz CT molecular complexity index is 554. The fraction of sp³-hybridized carbons (Fsp3) is 0.500. The van der Waals surface area contributed by atoms with Crippen LogP contribution in [0.25, 0.3) is 0 Å². The van der Waals surface area contributed by atoms with Crippen molar-refractivity contribution in [3.8, 4) is 0 Å². The van der Waals surface area contributed by atoms with E-state index in [-0.39, 0.29) is 6.04 Å². The molecule has 2 aliphatic rings. The van der Waals surface area contributed by atoms with Crippen LogP contribution >= 0.6 is 0 Å². The molecule has 0 saturated heterocycles. The van der Waals surface area contributed by atoms with Crippen molar-refractivity contribution in [2.75, 3.05) is 10.8 Å². The Morgan fingerprint density at radius 2 is 1.94 bits per heavy atom. The maximum Gasteiger partial charge on any atom is 0.301 e. The predicted octanol–water partition coefficient (Wildman–Crippen LogP) is 0.927. The van der Waals surface area contributed by atoms with Gasteiger partial charge in [-0.15, -0.1) is 0 Å². The molecule has 1 aromatic rings. The molecule has 1 fully saturated rings. The highest BCUT2D eigenvalue weighted by Crippen LogP contribution is 2.35. The standard InChI is InChI=1S/C12H16N2O3S/c15-12-7-8-14(11-4-2-1-3-10(11)12)18(16,17)13-9-5-6-9/h1-4,9,12-13,15H,5-8H2. The van der Waals surface area contributed by atoms with Crippen LogP contribution in [0.15, 0.2) is 24.3 Å². The van der Waals surface area contributed by atoms with Gasteiger partial charge in [0, 0.05) is 18.2 Å².